The molecule has 5 nitrogen and oxygen atoms in total. The number of carbonyl (C=O) groups is 1. The molecular formula is C15H24N4O. The normalized spacial score (nSPS) is 17.1. The van der Waals surface area contributed by atoms with Crippen LogP contribution in [-0.2, 0) is 6.54 Å². The predicted molar refractivity (Wildman–Crippen MR) is 79.4 cm³/mol. The maximum Gasteiger partial charge on any atom is 0.253 e. The van der Waals surface area contributed by atoms with Crippen molar-refractivity contribution in [3.8, 4) is 0 Å². The number of hydrogen-bond acceptors (Lipinski definition) is 4. The zero-order chi connectivity index (χ0) is 14.5. The van der Waals surface area contributed by atoms with Crippen LogP contribution in [0.25, 0.3) is 0 Å². The van der Waals surface area contributed by atoms with Crippen molar-refractivity contribution in [2.24, 2.45) is 5.73 Å². The van der Waals surface area contributed by atoms with Crippen LogP contribution in [0.15, 0.2) is 18.3 Å². The summed E-state index contributed by atoms with van der Waals surface area (Å²) in [5, 5.41) is 0. The minimum absolute atomic E-state index is 0.0667. The van der Waals surface area contributed by atoms with Crippen LogP contribution < -0.4 is 5.73 Å². The number of piperidine rings is 1. The van der Waals surface area contributed by atoms with Crippen LogP contribution in [-0.4, -0.2) is 53.4 Å². The van der Waals surface area contributed by atoms with Gasteiger partial charge in [-0.3, -0.25) is 9.78 Å². The van der Waals surface area contributed by atoms with E-state index in [0.29, 0.717) is 18.2 Å². The summed E-state index contributed by atoms with van der Waals surface area (Å²) < 4.78 is 0. The fourth-order valence-corrected chi connectivity index (χ4v) is 2.72. The Hall–Kier alpha value is -1.46. The Bertz CT molecular complexity index is 455. The highest BCUT2D eigenvalue weighted by atomic mass is 16.2. The largest absolute Gasteiger partial charge is 0.339 e. The highest BCUT2D eigenvalue weighted by Gasteiger charge is 2.25. The molecule has 2 rings (SSSR count). The van der Waals surface area contributed by atoms with Crippen molar-refractivity contribution in [1.29, 1.82) is 0 Å². The predicted octanol–water partition coefficient (Wildman–Crippen LogP) is 1.10. The van der Waals surface area contributed by atoms with E-state index in [4.69, 9.17) is 5.73 Å². The van der Waals surface area contributed by atoms with Crippen LogP contribution in [0.1, 0.15) is 35.8 Å². The molecule has 1 aliphatic rings. The maximum atomic E-state index is 12.5. The average molecular weight is 276 g/mol. The molecule has 1 aromatic rings. The van der Waals surface area contributed by atoms with Crippen LogP contribution in [0.2, 0.25) is 0 Å². The zero-order valence-corrected chi connectivity index (χ0v) is 12.4. The lowest BCUT2D eigenvalue weighted by Gasteiger charge is -2.36. The molecule has 1 aliphatic heterocycles. The Morgan fingerprint density at radius 3 is 2.80 bits per heavy atom. The first-order chi connectivity index (χ1) is 9.65. The van der Waals surface area contributed by atoms with Crippen molar-refractivity contribution in [1.82, 2.24) is 14.8 Å². The molecule has 2 N–H and O–H groups in total. The van der Waals surface area contributed by atoms with Crippen LogP contribution in [0.4, 0.5) is 0 Å². The monoisotopic (exact) mass is 276 g/mol. The Labute approximate surface area is 120 Å². The summed E-state index contributed by atoms with van der Waals surface area (Å²) in [6.07, 6.45) is 3.75. The highest BCUT2D eigenvalue weighted by Crippen LogP contribution is 2.17. The highest BCUT2D eigenvalue weighted by molar-refractivity contribution is 5.94. The van der Waals surface area contributed by atoms with Gasteiger partial charge in [-0.25, -0.2) is 0 Å². The molecular weight excluding hydrogens is 252 g/mol. The molecule has 0 aromatic carbocycles. The van der Waals surface area contributed by atoms with Gasteiger partial charge in [0, 0.05) is 44.5 Å². The number of rotatable bonds is 4. The van der Waals surface area contributed by atoms with Gasteiger partial charge in [-0.15, -0.1) is 0 Å². The molecule has 110 valence electrons. The third kappa shape index (κ3) is 3.35. The molecule has 1 aromatic heterocycles. The molecule has 1 fully saturated rings. The van der Waals surface area contributed by atoms with Crippen molar-refractivity contribution in [3.63, 3.8) is 0 Å². The maximum absolute atomic E-state index is 12.5. The second-order valence-electron chi connectivity index (χ2n) is 5.32. The molecule has 5 heteroatoms. The van der Waals surface area contributed by atoms with Gasteiger partial charge in [0.2, 0.25) is 0 Å². The topological polar surface area (TPSA) is 62.5 Å². The van der Waals surface area contributed by atoms with Gasteiger partial charge in [0.05, 0.1) is 5.69 Å². The van der Waals surface area contributed by atoms with Crippen LogP contribution in [0.5, 0.6) is 0 Å². The summed E-state index contributed by atoms with van der Waals surface area (Å²) in [7, 11) is 1.90. The Morgan fingerprint density at radius 2 is 2.20 bits per heavy atom. The number of carbonyl (C=O) groups excluding carboxylic acids is 1. The quantitative estimate of drug-likeness (QED) is 0.894. The van der Waals surface area contributed by atoms with Gasteiger partial charge in [0.1, 0.15) is 0 Å². The lowest BCUT2D eigenvalue weighted by molar-refractivity contribution is 0.0646. The summed E-state index contributed by atoms with van der Waals surface area (Å²) in [4.78, 5) is 20.9. The Balaban J connectivity index is 2.01. The molecule has 1 saturated heterocycles. The van der Waals surface area contributed by atoms with Gasteiger partial charge in [-0.2, -0.15) is 0 Å². The third-order valence-corrected chi connectivity index (χ3v) is 4.15. The zero-order valence-electron chi connectivity index (χ0n) is 12.4. The van der Waals surface area contributed by atoms with E-state index in [0.717, 1.165) is 38.2 Å². The minimum atomic E-state index is 0.0667. The summed E-state index contributed by atoms with van der Waals surface area (Å²) >= 11 is 0. The Morgan fingerprint density at radius 1 is 1.50 bits per heavy atom. The number of nitrogens with two attached hydrogens (primary N) is 1. The Kier molecular flexibility index (Phi) is 5.09. The van der Waals surface area contributed by atoms with Crippen molar-refractivity contribution >= 4 is 5.91 Å². The number of likely N-dealkylation sites (tertiary alicyclic amines) is 1. The van der Waals surface area contributed by atoms with Gasteiger partial charge in [0.25, 0.3) is 5.91 Å². The van der Waals surface area contributed by atoms with E-state index >= 15 is 0 Å². The molecule has 0 atom stereocenters. The standard InChI is InChI=1S/C15H24N4O/c1-3-19-8-5-14(6-9-19)18(2)15(20)12-4-7-17-13(10-12)11-16/h4,7,10,14H,3,5-6,8-9,11,16H2,1-2H3. The van der Waals surface area contributed by atoms with E-state index in [2.05, 4.69) is 16.8 Å². The lowest BCUT2D eigenvalue weighted by atomic mass is 10.0. The van der Waals surface area contributed by atoms with E-state index in [1.54, 1.807) is 18.3 Å². The molecule has 20 heavy (non-hydrogen) atoms. The van der Waals surface area contributed by atoms with Gasteiger partial charge in [-0.05, 0) is 31.5 Å². The van der Waals surface area contributed by atoms with Crippen LogP contribution >= 0.6 is 0 Å². The van der Waals surface area contributed by atoms with Crippen molar-refractivity contribution in [2.45, 2.75) is 32.4 Å². The molecule has 0 saturated carbocycles. The molecule has 1 amide bonds. The molecule has 0 spiro atoms. The van der Waals surface area contributed by atoms with E-state index in [-0.39, 0.29) is 5.91 Å². The summed E-state index contributed by atoms with van der Waals surface area (Å²) in [5.74, 6) is 0.0667. The summed E-state index contributed by atoms with van der Waals surface area (Å²) in [5.41, 5.74) is 7.01. The van der Waals surface area contributed by atoms with Gasteiger partial charge in [0.15, 0.2) is 0 Å². The smallest absolute Gasteiger partial charge is 0.253 e. The fourth-order valence-electron chi connectivity index (χ4n) is 2.72. The van der Waals surface area contributed by atoms with E-state index in [1.165, 1.54) is 0 Å². The second-order valence-corrected chi connectivity index (χ2v) is 5.32. The van der Waals surface area contributed by atoms with Crippen LogP contribution in [0, 0.1) is 0 Å². The first-order valence-corrected chi connectivity index (χ1v) is 7.30. The van der Waals surface area contributed by atoms with E-state index in [9.17, 15) is 4.79 Å². The molecule has 2 heterocycles. The number of nitrogens with zero attached hydrogens (tertiary/aromatic N) is 3. The van der Waals surface area contributed by atoms with Crippen molar-refractivity contribution < 1.29 is 4.79 Å². The first-order valence-electron chi connectivity index (χ1n) is 7.30. The lowest BCUT2D eigenvalue weighted by Crippen LogP contribution is -2.45. The number of hydrogen-bond donors (Lipinski definition) is 1. The summed E-state index contributed by atoms with van der Waals surface area (Å²) in [6, 6.07) is 3.89. The van der Waals surface area contributed by atoms with E-state index < -0.39 is 0 Å². The van der Waals surface area contributed by atoms with E-state index in [1.807, 2.05) is 11.9 Å². The summed E-state index contributed by atoms with van der Waals surface area (Å²) in [6.45, 7) is 5.78. The first kappa shape index (κ1) is 14.9. The third-order valence-electron chi connectivity index (χ3n) is 4.15. The average Bonchev–Trinajstić information content (AvgIpc) is 2.53. The van der Waals surface area contributed by atoms with Gasteiger partial charge >= 0.3 is 0 Å². The minimum Gasteiger partial charge on any atom is -0.339 e. The molecule has 0 unspecified atom stereocenters. The number of aromatic nitrogens is 1. The molecule has 0 aliphatic carbocycles. The SMILES string of the molecule is CCN1CCC(N(C)C(=O)c2ccnc(CN)c2)CC1. The van der Waals surface area contributed by atoms with Crippen molar-refractivity contribution in [2.75, 3.05) is 26.7 Å². The molecule has 0 radical (unpaired) electrons. The van der Waals surface area contributed by atoms with Crippen LogP contribution in [0.3, 0.4) is 0 Å². The van der Waals surface area contributed by atoms with Gasteiger partial charge in [-0.1, -0.05) is 6.92 Å². The number of pyridine rings is 1. The molecule has 0 bridgehead atoms. The van der Waals surface area contributed by atoms with Gasteiger partial charge < -0.3 is 15.5 Å². The number of amides is 1. The second kappa shape index (κ2) is 6.81. The fraction of sp³-hybridized carbons (Fsp3) is 0.600. The van der Waals surface area contributed by atoms with Crippen molar-refractivity contribution in [3.05, 3.63) is 29.6 Å².